The number of hydrogen-bond acceptors (Lipinski definition) is 2. The quantitative estimate of drug-likeness (QED) is 0.768. The van der Waals surface area contributed by atoms with Gasteiger partial charge < -0.3 is 10.2 Å². The van der Waals surface area contributed by atoms with E-state index in [0.717, 1.165) is 39.0 Å². The Labute approximate surface area is 105 Å². The van der Waals surface area contributed by atoms with Gasteiger partial charge in [0, 0.05) is 19.5 Å². The third-order valence-corrected chi connectivity index (χ3v) is 3.88. The first-order valence-corrected chi connectivity index (χ1v) is 7.28. The highest BCUT2D eigenvalue weighted by molar-refractivity contribution is 5.76. The molecule has 3 heteroatoms. The number of nitrogens with one attached hydrogen (secondary N) is 1. The average molecular weight is 238 g/mol. The molecule has 3 nitrogen and oxygen atoms in total. The van der Waals surface area contributed by atoms with Crippen molar-refractivity contribution in [3.63, 3.8) is 0 Å². The van der Waals surface area contributed by atoms with E-state index in [1.54, 1.807) is 0 Å². The maximum Gasteiger partial charge on any atom is 0.222 e. The molecule has 17 heavy (non-hydrogen) atoms. The Bertz CT molecular complexity index is 245. The zero-order valence-corrected chi connectivity index (χ0v) is 11.1. The second kappa shape index (κ2) is 6.39. The molecule has 1 saturated carbocycles. The van der Waals surface area contributed by atoms with E-state index in [1.165, 1.54) is 25.7 Å². The normalized spacial score (nSPS) is 24.6. The maximum atomic E-state index is 12.2. The fourth-order valence-electron chi connectivity index (χ4n) is 2.68. The molecular formula is C14H26N2O. The minimum absolute atomic E-state index is 0.403. The first-order valence-electron chi connectivity index (χ1n) is 7.28. The molecule has 0 aromatic carbocycles. The van der Waals surface area contributed by atoms with E-state index in [4.69, 9.17) is 0 Å². The zero-order chi connectivity index (χ0) is 12.1. The second-order valence-electron chi connectivity index (χ2n) is 5.70. The predicted molar refractivity (Wildman–Crippen MR) is 69.8 cm³/mol. The number of rotatable bonds is 6. The summed E-state index contributed by atoms with van der Waals surface area (Å²) in [5.41, 5.74) is 0. The molecule has 1 amide bonds. The van der Waals surface area contributed by atoms with Crippen molar-refractivity contribution < 1.29 is 4.79 Å². The summed E-state index contributed by atoms with van der Waals surface area (Å²) in [5, 5.41) is 3.44. The topological polar surface area (TPSA) is 32.3 Å². The molecule has 0 aromatic rings. The minimum Gasteiger partial charge on any atom is -0.342 e. The SMILES string of the molecule is CCCN(CC1CCCNC1)C(=O)CC1CC1. The monoisotopic (exact) mass is 238 g/mol. The first kappa shape index (κ1) is 12.9. The van der Waals surface area contributed by atoms with Gasteiger partial charge in [-0.2, -0.15) is 0 Å². The van der Waals surface area contributed by atoms with Gasteiger partial charge in [-0.05, 0) is 57.0 Å². The minimum atomic E-state index is 0.403. The summed E-state index contributed by atoms with van der Waals surface area (Å²) < 4.78 is 0. The van der Waals surface area contributed by atoms with E-state index >= 15 is 0 Å². The Hall–Kier alpha value is -0.570. The van der Waals surface area contributed by atoms with Crippen molar-refractivity contribution in [3.05, 3.63) is 0 Å². The largest absolute Gasteiger partial charge is 0.342 e. The molecule has 1 saturated heterocycles. The van der Waals surface area contributed by atoms with Crippen LogP contribution in [0, 0.1) is 11.8 Å². The first-order chi connectivity index (χ1) is 8.29. The van der Waals surface area contributed by atoms with Crippen LogP contribution in [-0.2, 0) is 4.79 Å². The van der Waals surface area contributed by atoms with Crippen LogP contribution in [0.3, 0.4) is 0 Å². The number of nitrogens with zero attached hydrogens (tertiary/aromatic N) is 1. The van der Waals surface area contributed by atoms with Crippen LogP contribution in [0.15, 0.2) is 0 Å². The number of piperidine rings is 1. The summed E-state index contributed by atoms with van der Waals surface area (Å²) in [6.07, 6.45) is 6.98. The summed E-state index contributed by atoms with van der Waals surface area (Å²) in [5.74, 6) is 1.80. The zero-order valence-electron chi connectivity index (χ0n) is 11.1. The van der Waals surface area contributed by atoms with E-state index in [-0.39, 0.29) is 0 Å². The van der Waals surface area contributed by atoms with Crippen LogP contribution in [0.4, 0.5) is 0 Å². The molecule has 2 aliphatic rings. The van der Waals surface area contributed by atoms with Crippen molar-refractivity contribution in [2.75, 3.05) is 26.2 Å². The van der Waals surface area contributed by atoms with Gasteiger partial charge in [0.15, 0.2) is 0 Å². The molecule has 1 aliphatic heterocycles. The van der Waals surface area contributed by atoms with Crippen LogP contribution in [0.25, 0.3) is 0 Å². The van der Waals surface area contributed by atoms with Gasteiger partial charge in [0.2, 0.25) is 5.91 Å². The van der Waals surface area contributed by atoms with Crippen LogP contribution in [-0.4, -0.2) is 37.0 Å². The molecule has 98 valence electrons. The van der Waals surface area contributed by atoms with Gasteiger partial charge in [0.25, 0.3) is 0 Å². The molecule has 1 atom stereocenters. The van der Waals surface area contributed by atoms with Gasteiger partial charge in [-0.1, -0.05) is 6.92 Å². The van der Waals surface area contributed by atoms with Crippen molar-refractivity contribution in [2.45, 2.75) is 45.4 Å². The molecule has 0 bridgehead atoms. The fraction of sp³-hybridized carbons (Fsp3) is 0.929. The molecule has 1 N–H and O–H groups in total. The lowest BCUT2D eigenvalue weighted by Crippen LogP contribution is -2.41. The molecule has 1 aliphatic carbocycles. The molecule has 2 fully saturated rings. The molecule has 1 heterocycles. The van der Waals surface area contributed by atoms with E-state index in [1.807, 2.05) is 0 Å². The Morgan fingerprint density at radius 3 is 2.71 bits per heavy atom. The van der Waals surface area contributed by atoms with Gasteiger partial charge in [-0.15, -0.1) is 0 Å². The summed E-state index contributed by atoms with van der Waals surface area (Å²) in [6, 6.07) is 0. The van der Waals surface area contributed by atoms with Crippen LogP contribution < -0.4 is 5.32 Å². The summed E-state index contributed by atoms with van der Waals surface area (Å²) >= 11 is 0. The van der Waals surface area contributed by atoms with Gasteiger partial charge in [-0.3, -0.25) is 4.79 Å². The van der Waals surface area contributed by atoms with Crippen molar-refractivity contribution in [3.8, 4) is 0 Å². The third kappa shape index (κ3) is 4.30. The third-order valence-electron chi connectivity index (χ3n) is 3.88. The van der Waals surface area contributed by atoms with E-state index < -0.39 is 0 Å². The predicted octanol–water partition coefficient (Wildman–Crippen LogP) is 2.02. The molecule has 0 radical (unpaired) electrons. The van der Waals surface area contributed by atoms with E-state index in [9.17, 15) is 4.79 Å². The molecule has 0 spiro atoms. The number of amides is 1. The van der Waals surface area contributed by atoms with E-state index in [0.29, 0.717) is 17.7 Å². The summed E-state index contributed by atoms with van der Waals surface area (Å²) in [7, 11) is 0. The Morgan fingerprint density at radius 2 is 2.12 bits per heavy atom. The highest BCUT2D eigenvalue weighted by Gasteiger charge is 2.27. The van der Waals surface area contributed by atoms with Crippen LogP contribution in [0.2, 0.25) is 0 Å². The number of carbonyl (C=O) groups excluding carboxylic acids is 1. The van der Waals surface area contributed by atoms with E-state index in [2.05, 4.69) is 17.1 Å². The number of carbonyl (C=O) groups is 1. The molecule has 2 rings (SSSR count). The fourth-order valence-corrected chi connectivity index (χ4v) is 2.68. The van der Waals surface area contributed by atoms with Crippen LogP contribution >= 0.6 is 0 Å². The van der Waals surface area contributed by atoms with Crippen molar-refractivity contribution in [1.29, 1.82) is 0 Å². The summed E-state index contributed by atoms with van der Waals surface area (Å²) in [6.45, 7) is 6.34. The van der Waals surface area contributed by atoms with Gasteiger partial charge >= 0.3 is 0 Å². The highest BCUT2D eigenvalue weighted by atomic mass is 16.2. The maximum absolute atomic E-state index is 12.2. The van der Waals surface area contributed by atoms with Gasteiger partial charge in [0.1, 0.15) is 0 Å². The Morgan fingerprint density at radius 1 is 1.29 bits per heavy atom. The van der Waals surface area contributed by atoms with Crippen molar-refractivity contribution >= 4 is 5.91 Å². The van der Waals surface area contributed by atoms with Gasteiger partial charge in [0.05, 0.1) is 0 Å². The average Bonchev–Trinajstić information content (AvgIpc) is 3.14. The van der Waals surface area contributed by atoms with Crippen LogP contribution in [0.1, 0.15) is 45.4 Å². The van der Waals surface area contributed by atoms with Crippen LogP contribution in [0.5, 0.6) is 0 Å². The molecule has 1 unspecified atom stereocenters. The standard InChI is InChI=1S/C14H26N2O/c1-2-8-16(14(17)9-12-5-6-12)11-13-4-3-7-15-10-13/h12-13,15H,2-11H2,1H3. The lowest BCUT2D eigenvalue weighted by molar-refractivity contribution is -0.132. The summed E-state index contributed by atoms with van der Waals surface area (Å²) in [4.78, 5) is 14.3. The molecule has 0 aromatic heterocycles. The lowest BCUT2D eigenvalue weighted by Gasteiger charge is -2.30. The Balaban J connectivity index is 1.79. The molecular weight excluding hydrogens is 212 g/mol. The van der Waals surface area contributed by atoms with Crippen molar-refractivity contribution in [2.24, 2.45) is 11.8 Å². The smallest absolute Gasteiger partial charge is 0.222 e. The highest BCUT2D eigenvalue weighted by Crippen LogP contribution is 2.33. The lowest BCUT2D eigenvalue weighted by atomic mass is 9.99. The van der Waals surface area contributed by atoms with Crippen molar-refractivity contribution in [1.82, 2.24) is 10.2 Å². The number of hydrogen-bond donors (Lipinski definition) is 1. The van der Waals surface area contributed by atoms with Gasteiger partial charge in [-0.25, -0.2) is 0 Å². The second-order valence-corrected chi connectivity index (χ2v) is 5.70. The Kier molecular flexibility index (Phi) is 4.84.